The Balaban J connectivity index is 1.78. The van der Waals surface area contributed by atoms with Crippen molar-refractivity contribution < 1.29 is 9.53 Å². The molecule has 4 heteroatoms. The highest BCUT2D eigenvalue weighted by atomic mass is 16.5. The summed E-state index contributed by atoms with van der Waals surface area (Å²) in [5.41, 5.74) is 0. The maximum absolute atomic E-state index is 11.7. The van der Waals surface area contributed by atoms with Crippen LogP contribution in [0, 0.1) is 11.8 Å². The summed E-state index contributed by atoms with van der Waals surface area (Å²) in [6, 6.07) is 0.540. The smallest absolute Gasteiger partial charge is 0.320 e. The summed E-state index contributed by atoms with van der Waals surface area (Å²) in [6.45, 7) is 8.24. The second kappa shape index (κ2) is 8.74. The Kier molecular flexibility index (Phi) is 6.97. The van der Waals surface area contributed by atoms with Crippen molar-refractivity contribution in [1.29, 1.82) is 0 Å². The summed E-state index contributed by atoms with van der Waals surface area (Å²) in [5, 5.41) is 3.77. The van der Waals surface area contributed by atoms with Crippen LogP contribution in [0.15, 0.2) is 0 Å². The Morgan fingerprint density at radius 2 is 1.95 bits per heavy atom. The third-order valence-electron chi connectivity index (χ3n) is 5.02. The molecule has 1 N–H and O–H groups in total. The molecule has 1 heterocycles. The monoisotopic (exact) mass is 296 g/mol. The van der Waals surface area contributed by atoms with Crippen molar-refractivity contribution in [2.45, 2.75) is 58.4 Å². The highest BCUT2D eigenvalue weighted by Gasteiger charge is 2.28. The normalized spacial score (nSPS) is 27.9. The zero-order chi connectivity index (χ0) is 15.1. The Labute approximate surface area is 129 Å². The minimum absolute atomic E-state index is 0.0798. The molecule has 2 rings (SSSR count). The number of ether oxygens (including phenoxy) is 1. The van der Waals surface area contributed by atoms with Gasteiger partial charge in [0.15, 0.2) is 0 Å². The Morgan fingerprint density at radius 1 is 1.19 bits per heavy atom. The van der Waals surface area contributed by atoms with Crippen LogP contribution in [0.4, 0.5) is 0 Å². The molecule has 0 aromatic carbocycles. The van der Waals surface area contributed by atoms with E-state index in [-0.39, 0.29) is 5.97 Å². The minimum Gasteiger partial charge on any atom is -0.465 e. The maximum Gasteiger partial charge on any atom is 0.320 e. The molecule has 0 aromatic heterocycles. The predicted octanol–water partition coefficient (Wildman–Crippen LogP) is 2.43. The van der Waals surface area contributed by atoms with Crippen molar-refractivity contribution in [1.82, 2.24) is 10.2 Å². The first kappa shape index (κ1) is 16.8. The van der Waals surface area contributed by atoms with Gasteiger partial charge in [-0.1, -0.05) is 26.2 Å². The second-order valence-corrected chi connectivity index (χ2v) is 6.76. The summed E-state index contributed by atoms with van der Waals surface area (Å²) in [6.07, 6.45) is 8.05. The summed E-state index contributed by atoms with van der Waals surface area (Å²) < 4.78 is 5.09. The SMILES string of the molecule is CCOC(=O)CN1CC(CC)CC(NCC2CCCC2)C1. The van der Waals surface area contributed by atoms with E-state index in [0.717, 1.165) is 25.6 Å². The number of likely N-dealkylation sites (tertiary alicyclic amines) is 1. The van der Waals surface area contributed by atoms with Crippen LogP contribution in [-0.2, 0) is 9.53 Å². The van der Waals surface area contributed by atoms with E-state index in [1.165, 1.54) is 38.5 Å². The largest absolute Gasteiger partial charge is 0.465 e. The molecule has 1 aliphatic heterocycles. The summed E-state index contributed by atoms with van der Waals surface area (Å²) in [7, 11) is 0. The zero-order valence-electron chi connectivity index (χ0n) is 13.8. The Hall–Kier alpha value is -0.610. The summed E-state index contributed by atoms with van der Waals surface area (Å²) in [4.78, 5) is 14.0. The van der Waals surface area contributed by atoms with Crippen LogP contribution in [0.2, 0.25) is 0 Å². The van der Waals surface area contributed by atoms with E-state index in [1.54, 1.807) is 0 Å². The quantitative estimate of drug-likeness (QED) is 0.733. The molecule has 21 heavy (non-hydrogen) atoms. The fourth-order valence-electron chi connectivity index (χ4n) is 3.81. The molecular weight excluding hydrogens is 264 g/mol. The van der Waals surface area contributed by atoms with E-state index in [9.17, 15) is 4.79 Å². The molecule has 0 radical (unpaired) electrons. The summed E-state index contributed by atoms with van der Waals surface area (Å²) >= 11 is 0. The molecule has 0 bridgehead atoms. The molecule has 4 nitrogen and oxygen atoms in total. The molecule has 0 aromatic rings. The van der Waals surface area contributed by atoms with Crippen molar-refractivity contribution in [2.75, 3.05) is 32.8 Å². The average molecular weight is 296 g/mol. The number of nitrogens with one attached hydrogen (secondary N) is 1. The number of esters is 1. The van der Waals surface area contributed by atoms with Crippen LogP contribution in [0.1, 0.15) is 52.4 Å². The van der Waals surface area contributed by atoms with Crippen LogP contribution in [0.25, 0.3) is 0 Å². The molecular formula is C17H32N2O2. The zero-order valence-corrected chi connectivity index (χ0v) is 13.8. The molecule has 0 spiro atoms. The highest BCUT2D eigenvalue weighted by molar-refractivity contribution is 5.71. The van der Waals surface area contributed by atoms with Crippen LogP contribution >= 0.6 is 0 Å². The lowest BCUT2D eigenvalue weighted by Gasteiger charge is -2.37. The van der Waals surface area contributed by atoms with Gasteiger partial charge in [0.05, 0.1) is 13.2 Å². The number of hydrogen-bond donors (Lipinski definition) is 1. The van der Waals surface area contributed by atoms with Gasteiger partial charge in [0.1, 0.15) is 0 Å². The number of piperidine rings is 1. The average Bonchev–Trinajstić information content (AvgIpc) is 2.98. The Bertz CT molecular complexity index is 316. The van der Waals surface area contributed by atoms with Crippen molar-refractivity contribution in [3.8, 4) is 0 Å². The maximum atomic E-state index is 11.7. The molecule has 2 fully saturated rings. The molecule has 2 atom stereocenters. The lowest BCUT2D eigenvalue weighted by Crippen LogP contribution is -2.51. The van der Waals surface area contributed by atoms with Gasteiger partial charge in [0, 0.05) is 19.1 Å². The topological polar surface area (TPSA) is 41.6 Å². The minimum atomic E-state index is -0.0798. The van der Waals surface area contributed by atoms with Crippen molar-refractivity contribution in [3.63, 3.8) is 0 Å². The predicted molar refractivity (Wildman–Crippen MR) is 85.2 cm³/mol. The molecule has 122 valence electrons. The molecule has 1 saturated carbocycles. The van der Waals surface area contributed by atoms with Gasteiger partial charge < -0.3 is 10.1 Å². The van der Waals surface area contributed by atoms with Crippen molar-refractivity contribution >= 4 is 5.97 Å². The van der Waals surface area contributed by atoms with Crippen LogP contribution in [0.3, 0.4) is 0 Å². The lowest BCUT2D eigenvalue weighted by molar-refractivity contribution is -0.145. The van der Waals surface area contributed by atoms with E-state index in [2.05, 4.69) is 17.1 Å². The van der Waals surface area contributed by atoms with Crippen LogP contribution in [0.5, 0.6) is 0 Å². The third kappa shape index (κ3) is 5.59. The van der Waals surface area contributed by atoms with E-state index < -0.39 is 0 Å². The Morgan fingerprint density at radius 3 is 2.62 bits per heavy atom. The first-order chi connectivity index (χ1) is 10.2. The van der Waals surface area contributed by atoms with E-state index in [4.69, 9.17) is 4.74 Å². The van der Waals surface area contributed by atoms with Crippen molar-refractivity contribution in [3.05, 3.63) is 0 Å². The van der Waals surface area contributed by atoms with Gasteiger partial charge in [-0.3, -0.25) is 9.69 Å². The fourth-order valence-corrected chi connectivity index (χ4v) is 3.81. The van der Waals surface area contributed by atoms with E-state index >= 15 is 0 Å². The lowest BCUT2D eigenvalue weighted by atomic mass is 9.91. The third-order valence-corrected chi connectivity index (χ3v) is 5.02. The standard InChI is InChI=1S/C17H32N2O2/c1-3-14-9-16(18-10-15-7-5-6-8-15)12-19(11-14)13-17(20)21-4-2/h14-16,18H,3-13H2,1-2H3. The van der Waals surface area contributed by atoms with Crippen molar-refractivity contribution in [2.24, 2.45) is 11.8 Å². The fraction of sp³-hybridized carbons (Fsp3) is 0.941. The molecule has 0 amide bonds. The van der Waals surface area contributed by atoms with Gasteiger partial charge in [0.25, 0.3) is 0 Å². The number of nitrogens with zero attached hydrogens (tertiary/aromatic N) is 1. The van der Waals surface area contributed by atoms with Gasteiger partial charge in [-0.2, -0.15) is 0 Å². The first-order valence-corrected chi connectivity index (χ1v) is 8.82. The van der Waals surface area contributed by atoms with Gasteiger partial charge >= 0.3 is 5.97 Å². The summed E-state index contributed by atoms with van der Waals surface area (Å²) in [5.74, 6) is 1.50. The van der Waals surface area contributed by atoms with E-state index in [0.29, 0.717) is 25.1 Å². The van der Waals surface area contributed by atoms with Gasteiger partial charge in [-0.25, -0.2) is 0 Å². The number of hydrogen-bond acceptors (Lipinski definition) is 4. The van der Waals surface area contributed by atoms with Gasteiger partial charge in [-0.15, -0.1) is 0 Å². The highest BCUT2D eigenvalue weighted by Crippen LogP contribution is 2.25. The first-order valence-electron chi connectivity index (χ1n) is 8.82. The molecule has 2 unspecified atom stereocenters. The molecule has 1 aliphatic carbocycles. The second-order valence-electron chi connectivity index (χ2n) is 6.76. The van der Waals surface area contributed by atoms with Crippen LogP contribution < -0.4 is 5.32 Å². The number of carbonyl (C=O) groups excluding carboxylic acids is 1. The number of rotatable bonds is 7. The van der Waals surface area contributed by atoms with Gasteiger partial charge in [0.2, 0.25) is 0 Å². The van der Waals surface area contributed by atoms with Gasteiger partial charge in [-0.05, 0) is 44.6 Å². The molecule has 1 saturated heterocycles. The molecule has 2 aliphatic rings. The number of carbonyl (C=O) groups is 1. The van der Waals surface area contributed by atoms with Crippen LogP contribution in [-0.4, -0.2) is 49.7 Å². The van der Waals surface area contributed by atoms with E-state index in [1.807, 2.05) is 6.92 Å².